The quantitative estimate of drug-likeness (QED) is 0.894. The number of furan rings is 1. The maximum Gasteiger partial charge on any atom is 0.230 e. The lowest BCUT2D eigenvalue weighted by molar-refractivity contribution is -0.119. The topological polar surface area (TPSA) is 94.0 Å². The highest BCUT2D eigenvalue weighted by Crippen LogP contribution is 2.26. The number of amides is 1. The number of anilines is 1. The van der Waals surface area contributed by atoms with Crippen LogP contribution in [0.2, 0.25) is 0 Å². The molecule has 0 radical (unpaired) electrons. The highest BCUT2D eigenvalue weighted by molar-refractivity contribution is 7.18. The molecule has 1 amide bonds. The third-order valence-electron chi connectivity index (χ3n) is 2.19. The number of nitrogens with zero attached hydrogens (tertiary/aromatic N) is 2. The van der Waals surface area contributed by atoms with Gasteiger partial charge in [0.05, 0.1) is 6.26 Å². The van der Waals surface area contributed by atoms with Gasteiger partial charge in [-0.1, -0.05) is 18.3 Å². The summed E-state index contributed by atoms with van der Waals surface area (Å²) in [6.07, 6.45) is 1.56. The molecular formula is C10H13ClN4O2S. The summed E-state index contributed by atoms with van der Waals surface area (Å²) in [6.45, 7) is 2.06. The third kappa shape index (κ3) is 3.28. The van der Waals surface area contributed by atoms with Crippen LogP contribution in [0.3, 0.4) is 0 Å². The highest BCUT2D eigenvalue weighted by atomic mass is 35.5. The van der Waals surface area contributed by atoms with Gasteiger partial charge in [-0.2, -0.15) is 0 Å². The average Bonchev–Trinajstić information content (AvgIpc) is 2.97. The van der Waals surface area contributed by atoms with Gasteiger partial charge in [0.2, 0.25) is 11.0 Å². The van der Waals surface area contributed by atoms with Crippen molar-refractivity contribution in [2.75, 3.05) is 11.9 Å². The lowest BCUT2D eigenvalue weighted by atomic mass is 10.2. The summed E-state index contributed by atoms with van der Waals surface area (Å²) in [7, 11) is 0. The van der Waals surface area contributed by atoms with E-state index in [0.29, 0.717) is 22.4 Å². The fraction of sp³-hybridized carbons (Fsp3) is 0.300. The number of carbonyl (C=O) groups excluding carboxylic acids is 1. The molecule has 2 heterocycles. The first-order valence-corrected chi connectivity index (χ1v) is 5.90. The van der Waals surface area contributed by atoms with Crippen LogP contribution >= 0.6 is 23.7 Å². The molecule has 0 aliphatic heterocycles. The molecular weight excluding hydrogens is 276 g/mol. The molecule has 0 aliphatic rings. The molecule has 0 aromatic carbocycles. The van der Waals surface area contributed by atoms with Crippen molar-refractivity contribution < 1.29 is 9.21 Å². The molecule has 2 rings (SSSR count). The van der Waals surface area contributed by atoms with Crippen LogP contribution in [0.1, 0.15) is 6.92 Å². The molecule has 0 saturated heterocycles. The summed E-state index contributed by atoms with van der Waals surface area (Å²) in [6, 6.07) is 3.56. The van der Waals surface area contributed by atoms with Crippen LogP contribution in [0.4, 0.5) is 5.13 Å². The smallest absolute Gasteiger partial charge is 0.230 e. The van der Waals surface area contributed by atoms with Crippen LogP contribution in [-0.2, 0) is 4.79 Å². The van der Waals surface area contributed by atoms with E-state index in [1.807, 2.05) is 0 Å². The van der Waals surface area contributed by atoms with E-state index in [4.69, 9.17) is 10.2 Å². The molecule has 6 nitrogen and oxygen atoms in total. The van der Waals surface area contributed by atoms with Crippen molar-refractivity contribution in [3.63, 3.8) is 0 Å². The number of hydrogen-bond donors (Lipinski definition) is 2. The van der Waals surface area contributed by atoms with E-state index < -0.39 is 0 Å². The summed E-state index contributed by atoms with van der Waals surface area (Å²) in [5.41, 5.74) is 5.40. The maximum atomic E-state index is 11.6. The Labute approximate surface area is 114 Å². The zero-order valence-corrected chi connectivity index (χ0v) is 11.3. The molecule has 0 bridgehead atoms. The van der Waals surface area contributed by atoms with Gasteiger partial charge in [0.1, 0.15) is 0 Å². The first kappa shape index (κ1) is 14.6. The number of halogens is 1. The van der Waals surface area contributed by atoms with E-state index in [1.165, 1.54) is 11.3 Å². The van der Waals surface area contributed by atoms with Crippen LogP contribution in [0.15, 0.2) is 22.8 Å². The maximum absolute atomic E-state index is 11.6. The minimum absolute atomic E-state index is 0. The lowest BCUT2D eigenvalue weighted by Gasteiger charge is -2.05. The number of rotatable bonds is 4. The fourth-order valence-electron chi connectivity index (χ4n) is 1.11. The number of carbonyl (C=O) groups is 1. The molecule has 2 aromatic heterocycles. The van der Waals surface area contributed by atoms with Gasteiger partial charge in [-0.05, 0) is 12.1 Å². The molecule has 2 aromatic rings. The first-order valence-electron chi connectivity index (χ1n) is 5.09. The second-order valence-electron chi connectivity index (χ2n) is 3.52. The first-order chi connectivity index (χ1) is 8.20. The van der Waals surface area contributed by atoms with E-state index in [1.54, 1.807) is 25.3 Å². The second-order valence-corrected chi connectivity index (χ2v) is 4.49. The summed E-state index contributed by atoms with van der Waals surface area (Å²) in [5, 5.41) is 11.5. The molecule has 0 fully saturated rings. The van der Waals surface area contributed by atoms with Crippen molar-refractivity contribution in [1.29, 1.82) is 0 Å². The Hall–Kier alpha value is -1.44. The van der Waals surface area contributed by atoms with Crippen LogP contribution in [-0.4, -0.2) is 22.6 Å². The van der Waals surface area contributed by atoms with Crippen LogP contribution in [0, 0.1) is 5.92 Å². The minimum atomic E-state index is -0.244. The second kappa shape index (κ2) is 6.48. The standard InChI is InChI=1S/C10H12N4O2S.ClH/c1-6(5-11)8(15)12-10-14-13-9(17-10)7-3-2-4-16-7;/h2-4,6H,5,11H2,1H3,(H,12,14,15);1H. The zero-order chi connectivity index (χ0) is 12.3. The predicted molar refractivity (Wildman–Crippen MR) is 71.7 cm³/mol. The largest absolute Gasteiger partial charge is 0.462 e. The summed E-state index contributed by atoms with van der Waals surface area (Å²) in [5.74, 6) is 0.232. The van der Waals surface area contributed by atoms with E-state index in [2.05, 4.69) is 15.5 Å². The number of nitrogens with two attached hydrogens (primary N) is 1. The highest BCUT2D eigenvalue weighted by Gasteiger charge is 2.14. The molecule has 98 valence electrons. The zero-order valence-electron chi connectivity index (χ0n) is 9.62. The van der Waals surface area contributed by atoms with E-state index in [-0.39, 0.29) is 24.2 Å². The molecule has 1 unspecified atom stereocenters. The molecule has 0 spiro atoms. The van der Waals surface area contributed by atoms with Crippen molar-refractivity contribution >= 4 is 34.8 Å². The fourth-order valence-corrected chi connectivity index (χ4v) is 1.82. The minimum Gasteiger partial charge on any atom is -0.462 e. The Bertz CT molecular complexity index is 500. The molecule has 1 atom stereocenters. The van der Waals surface area contributed by atoms with Crippen LogP contribution in [0.5, 0.6) is 0 Å². The van der Waals surface area contributed by atoms with Crippen LogP contribution in [0.25, 0.3) is 10.8 Å². The van der Waals surface area contributed by atoms with Gasteiger partial charge in [0.15, 0.2) is 10.8 Å². The van der Waals surface area contributed by atoms with Crippen molar-refractivity contribution in [3.8, 4) is 10.8 Å². The molecule has 0 saturated carbocycles. The molecule has 18 heavy (non-hydrogen) atoms. The molecule has 3 N–H and O–H groups in total. The molecule has 8 heteroatoms. The van der Waals surface area contributed by atoms with Gasteiger partial charge in [0.25, 0.3) is 0 Å². The van der Waals surface area contributed by atoms with Gasteiger partial charge in [-0.3, -0.25) is 4.79 Å². The van der Waals surface area contributed by atoms with Gasteiger partial charge in [-0.25, -0.2) is 0 Å². The van der Waals surface area contributed by atoms with Crippen molar-refractivity contribution in [2.24, 2.45) is 11.7 Å². The van der Waals surface area contributed by atoms with Gasteiger partial charge >= 0.3 is 0 Å². The van der Waals surface area contributed by atoms with Crippen molar-refractivity contribution in [3.05, 3.63) is 18.4 Å². The van der Waals surface area contributed by atoms with E-state index in [0.717, 1.165) is 0 Å². The number of aromatic nitrogens is 2. The average molecular weight is 289 g/mol. The Morgan fingerprint density at radius 3 is 3.00 bits per heavy atom. The van der Waals surface area contributed by atoms with E-state index in [9.17, 15) is 4.79 Å². The molecule has 0 aliphatic carbocycles. The number of hydrogen-bond acceptors (Lipinski definition) is 6. The normalized spacial score (nSPS) is 11.7. The SMILES string of the molecule is CC(CN)C(=O)Nc1nnc(-c2ccco2)s1.Cl. The Morgan fingerprint density at radius 2 is 2.39 bits per heavy atom. The van der Waals surface area contributed by atoms with Gasteiger partial charge < -0.3 is 15.5 Å². The Balaban J connectivity index is 0.00000162. The monoisotopic (exact) mass is 288 g/mol. The third-order valence-corrected chi connectivity index (χ3v) is 3.04. The summed E-state index contributed by atoms with van der Waals surface area (Å²) in [4.78, 5) is 11.6. The van der Waals surface area contributed by atoms with Crippen molar-refractivity contribution in [1.82, 2.24) is 10.2 Å². The summed E-state index contributed by atoms with van der Waals surface area (Å²) >= 11 is 1.26. The lowest BCUT2D eigenvalue weighted by Crippen LogP contribution is -2.26. The van der Waals surface area contributed by atoms with Crippen LogP contribution < -0.4 is 11.1 Å². The predicted octanol–water partition coefficient (Wildman–Crippen LogP) is 1.75. The van der Waals surface area contributed by atoms with Crippen molar-refractivity contribution in [2.45, 2.75) is 6.92 Å². The Kier molecular flexibility index (Phi) is 5.26. The van der Waals surface area contributed by atoms with Gasteiger partial charge in [-0.15, -0.1) is 22.6 Å². The van der Waals surface area contributed by atoms with Gasteiger partial charge in [0, 0.05) is 12.5 Å². The number of nitrogens with one attached hydrogen (secondary N) is 1. The summed E-state index contributed by atoms with van der Waals surface area (Å²) < 4.78 is 5.18. The van der Waals surface area contributed by atoms with E-state index >= 15 is 0 Å². The Morgan fingerprint density at radius 1 is 1.61 bits per heavy atom.